The molecule has 0 amide bonds. The Morgan fingerprint density at radius 3 is 2.09 bits per heavy atom. The van der Waals surface area contributed by atoms with Crippen LogP contribution in [-0.4, -0.2) is 14.6 Å². The summed E-state index contributed by atoms with van der Waals surface area (Å²) in [5, 5.41) is 8.92. The molecular formula is C14H15Br2NO4Si. The van der Waals surface area contributed by atoms with Crippen molar-refractivity contribution in [3.63, 3.8) is 0 Å². The molecule has 0 saturated carbocycles. The minimum Gasteiger partial charge on any atom is -0.450 e. The zero-order valence-electron chi connectivity index (χ0n) is 12.3. The van der Waals surface area contributed by atoms with Crippen molar-refractivity contribution >= 4 is 46.5 Å². The molecule has 2 aromatic rings. The van der Waals surface area contributed by atoms with E-state index in [9.17, 15) is 4.79 Å². The fraction of sp³-hybridized carbons (Fsp3) is 0.286. The Hall–Kier alpha value is -1.14. The molecule has 0 aliphatic rings. The maximum Gasteiger partial charge on any atom is 0.192 e. The molecule has 1 atom stereocenters. The van der Waals surface area contributed by atoms with Crippen LogP contribution in [0.2, 0.25) is 19.6 Å². The van der Waals surface area contributed by atoms with Gasteiger partial charge in [0.2, 0.25) is 0 Å². The van der Waals surface area contributed by atoms with E-state index < -0.39 is 14.4 Å². The van der Waals surface area contributed by atoms with Crippen molar-refractivity contribution in [1.29, 1.82) is 5.26 Å². The number of carbonyl (C=O) groups excluding carboxylic acids is 1. The maximum absolute atomic E-state index is 9.91. The van der Waals surface area contributed by atoms with E-state index in [0.29, 0.717) is 27.1 Å². The summed E-state index contributed by atoms with van der Waals surface area (Å²) < 4.78 is 16.9. The van der Waals surface area contributed by atoms with Gasteiger partial charge in [-0.1, -0.05) is 0 Å². The first-order chi connectivity index (χ1) is 10.2. The van der Waals surface area contributed by atoms with Crippen LogP contribution in [0, 0.1) is 11.3 Å². The highest BCUT2D eigenvalue weighted by Gasteiger charge is 2.24. The van der Waals surface area contributed by atoms with Crippen LogP contribution in [0.15, 0.2) is 42.4 Å². The normalized spacial score (nSPS) is 12.0. The first kappa shape index (κ1) is 18.9. The van der Waals surface area contributed by atoms with Gasteiger partial charge in [-0.2, -0.15) is 5.26 Å². The van der Waals surface area contributed by atoms with Crippen LogP contribution in [0.3, 0.4) is 0 Å². The first-order valence-electron chi connectivity index (χ1n) is 6.28. The number of aldehydes is 1. The Morgan fingerprint density at radius 1 is 1.18 bits per heavy atom. The van der Waals surface area contributed by atoms with Gasteiger partial charge in [0.05, 0.1) is 0 Å². The summed E-state index contributed by atoms with van der Waals surface area (Å²) in [4.78, 5) is 9.91. The second kappa shape index (κ2) is 8.48. The van der Waals surface area contributed by atoms with Crippen LogP contribution in [0.4, 0.5) is 0 Å². The van der Waals surface area contributed by atoms with Crippen LogP contribution in [0.25, 0.3) is 0 Å². The molecule has 0 bridgehead atoms. The minimum atomic E-state index is -1.71. The third-order valence-electron chi connectivity index (χ3n) is 2.15. The van der Waals surface area contributed by atoms with Crippen molar-refractivity contribution in [2.75, 3.05) is 0 Å². The number of nitrogens with zero attached hydrogens (tertiary/aromatic N) is 1. The molecule has 0 radical (unpaired) electrons. The molecule has 0 saturated heterocycles. The van der Waals surface area contributed by atoms with E-state index >= 15 is 0 Å². The summed E-state index contributed by atoms with van der Waals surface area (Å²) in [6, 6.07) is 8.86. The molecular weight excluding hydrogens is 434 g/mol. The minimum absolute atomic E-state index is 0.344. The molecule has 2 aromatic heterocycles. The molecule has 118 valence electrons. The van der Waals surface area contributed by atoms with Crippen molar-refractivity contribution in [3.05, 3.63) is 45.1 Å². The highest BCUT2D eigenvalue weighted by molar-refractivity contribution is 9.10. The van der Waals surface area contributed by atoms with Gasteiger partial charge >= 0.3 is 0 Å². The van der Waals surface area contributed by atoms with Crippen LogP contribution in [-0.2, 0) is 4.43 Å². The van der Waals surface area contributed by atoms with Gasteiger partial charge in [-0.05, 0) is 75.8 Å². The number of hydrogen-bond acceptors (Lipinski definition) is 5. The van der Waals surface area contributed by atoms with Gasteiger partial charge in [0.1, 0.15) is 11.8 Å². The van der Waals surface area contributed by atoms with Crippen molar-refractivity contribution in [2.45, 2.75) is 25.7 Å². The third kappa shape index (κ3) is 6.75. The summed E-state index contributed by atoms with van der Waals surface area (Å²) in [5.74, 6) is 0.902. The molecule has 8 heteroatoms. The summed E-state index contributed by atoms with van der Waals surface area (Å²) in [7, 11) is -1.71. The highest BCUT2D eigenvalue weighted by atomic mass is 79.9. The molecule has 0 aliphatic heterocycles. The van der Waals surface area contributed by atoms with Gasteiger partial charge in [0, 0.05) is 0 Å². The fourth-order valence-electron chi connectivity index (χ4n) is 1.36. The maximum atomic E-state index is 9.91. The van der Waals surface area contributed by atoms with Crippen molar-refractivity contribution < 1.29 is 18.1 Å². The lowest BCUT2D eigenvalue weighted by atomic mass is 10.3. The molecule has 0 spiro atoms. The summed E-state index contributed by atoms with van der Waals surface area (Å²) in [6.45, 7) is 6.11. The van der Waals surface area contributed by atoms with Crippen molar-refractivity contribution in [3.8, 4) is 6.07 Å². The Kier molecular flexibility index (Phi) is 7.29. The summed E-state index contributed by atoms with van der Waals surface area (Å²) >= 11 is 6.24. The molecule has 2 rings (SSSR count). The van der Waals surface area contributed by atoms with E-state index in [0.717, 1.165) is 0 Å². The molecule has 0 fully saturated rings. The predicted octanol–water partition coefficient (Wildman–Crippen LogP) is 5.31. The lowest BCUT2D eigenvalue weighted by Crippen LogP contribution is -2.27. The van der Waals surface area contributed by atoms with E-state index in [-0.39, 0.29) is 0 Å². The van der Waals surface area contributed by atoms with E-state index in [1.807, 2.05) is 19.6 Å². The van der Waals surface area contributed by atoms with Crippen LogP contribution in [0.5, 0.6) is 0 Å². The molecule has 0 N–H and O–H groups in total. The fourth-order valence-corrected chi connectivity index (χ4v) is 2.88. The predicted molar refractivity (Wildman–Crippen MR) is 91.0 cm³/mol. The van der Waals surface area contributed by atoms with Gasteiger partial charge in [-0.3, -0.25) is 4.79 Å². The largest absolute Gasteiger partial charge is 0.450 e. The Morgan fingerprint density at radius 2 is 1.77 bits per heavy atom. The van der Waals surface area contributed by atoms with Crippen molar-refractivity contribution in [1.82, 2.24) is 0 Å². The number of rotatable bonds is 4. The molecule has 5 nitrogen and oxygen atoms in total. The zero-order valence-corrected chi connectivity index (χ0v) is 16.5. The van der Waals surface area contributed by atoms with E-state index in [2.05, 4.69) is 37.9 Å². The standard InChI is InChI=1S/C9H12BrNO2Si.C5H3BrO2/c1-14(2,3)13-8(6-11)7-4-5-9(10)12-7;6-5-2-1-4(3-7)8-5/h4-5,8H,1-3H3;1-3H. The molecule has 2 heterocycles. The second-order valence-electron chi connectivity index (χ2n) is 5.14. The average molecular weight is 449 g/mol. The number of halogens is 2. The Labute approximate surface area is 146 Å². The van der Waals surface area contributed by atoms with E-state index in [1.165, 1.54) is 0 Å². The summed E-state index contributed by atoms with van der Waals surface area (Å²) in [5.41, 5.74) is 0. The van der Waals surface area contributed by atoms with Gasteiger partial charge in [-0.15, -0.1) is 0 Å². The number of carbonyl (C=O) groups is 1. The topological polar surface area (TPSA) is 76.4 Å². The van der Waals surface area contributed by atoms with Crippen molar-refractivity contribution in [2.24, 2.45) is 0 Å². The quantitative estimate of drug-likeness (QED) is 0.467. The monoisotopic (exact) mass is 447 g/mol. The van der Waals surface area contributed by atoms with Gasteiger partial charge < -0.3 is 13.3 Å². The smallest absolute Gasteiger partial charge is 0.192 e. The number of furan rings is 2. The second-order valence-corrected chi connectivity index (χ2v) is 11.2. The zero-order chi connectivity index (χ0) is 16.8. The summed E-state index contributed by atoms with van der Waals surface area (Å²) in [6.07, 6.45) is 0.0677. The number of nitriles is 1. The average Bonchev–Trinajstić information content (AvgIpc) is 3.04. The Bertz CT molecular complexity index is 654. The SMILES string of the molecule is C[Si](C)(C)OC(C#N)c1ccc(Br)o1.O=Cc1ccc(Br)o1. The highest BCUT2D eigenvalue weighted by Crippen LogP contribution is 2.25. The van der Waals surface area contributed by atoms with Crippen LogP contribution < -0.4 is 0 Å². The van der Waals surface area contributed by atoms with E-state index in [1.54, 1.807) is 24.3 Å². The van der Waals surface area contributed by atoms with Crippen LogP contribution >= 0.6 is 31.9 Å². The molecule has 0 aliphatic carbocycles. The number of hydrogen-bond donors (Lipinski definition) is 0. The van der Waals surface area contributed by atoms with Crippen LogP contribution in [0.1, 0.15) is 22.4 Å². The third-order valence-corrected chi connectivity index (χ3v) is 3.95. The lowest BCUT2D eigenvalue weighted by Gasteiger charge is -2.19. The van der Waals surface area contributed by atoms with Gasteiger partial charge in [-0.25, -0.2) is 0 Å². The molecule has 0 aromatic carbocycles. The Balaban J connectivity index is 0.000000255. The van der Waals surface area contributed by atoms with Gasteiger partial charge in [0.15, 0.2) is 35.8 Å². The lowest BCUT2D eigenvalue weighted by molar-refractivity contribution is 0.109. The van der Waals surface area contributed by atoms with E-state index in [4.69, 9.17) is 18.5 Å². The molecule has 1 unspecified atom stereocenters. The first-order valence-corrected chi connectivity index (χ1v) is 11.3. The van der Waals surface area contributed by atoms with Gasteiger partial charge in [0.25, 0.3) is 0 Å². The molecule has 22 heavy (non-hydrogen) atoms.